The summed E-state index contributed by atoms with van der Waals surface area (Å²) in [7, 11) is 0. The molecule has 1 atom stereocenters. The van der Waals surface area contributed by atoms with E-state index in [0.29, 0.717) is 12.0 Å². The molecule has 1 heterocycles. The molecule has 0 bridgehead atoms. The molecule has 0 aromatic rings. The third-order valence-electron chi connectivity index (χ3n) is 3.26. The van der Waals surface area contributed by atoms with Gasteiger partial charge in [-0.15, -0.1) is 0 Å². The molecule has 0 aliphatic carbocycles. The second-order valence-corrected chi connectivity index (χ2v) is 5.40. The molecule has 1 aliphatic rings. The Morgan fingerprint density at radius 1 is 1.53 bits per heavy atom. The van der Waals surface area contributed by atoms with E-state index in [4.69, 9.17) is 5.73 Å². The van der Waals surface area contributed by atoms with Gasteiger partial charge < -0.3 is 10.6 Å². The average Bonchev–Trinajstić information content (AvgIpc) is 2.54. The molecule has 15 heavy (non-hydrogen) atoms. The van der Waals surface area contributed by atoms with E-state index in [0.717, 1.165) is 32.4 Å². The van der Waals surface area contributed by atoms with Crippen molar-refractivity contribution in [2.45, 2.75) is 40.0 Å². The number of hydrogen-bond donors (Lipinski definition) is 1. The zero-order chi connectivity index (χ0) is 11.5. The van der Waals surface area contributed by atoms with Crippen molar-refractivity contribution in [3.05, 3.63) is 0 Å². The molecule has 1 saturated heterocycles. The number of likely N-dealkylation sites (tertiary alicyclic amines) is 1. The highest BCUT2D eigenvalue weighted by Crippen LogP contribution is 2.29. The summed E-state index contributed by atoms with van der Waals surface area (Å²) < 4.78 is 0. The summed E-state index contributed by atoms with van der Waals surface area (Å²) in [6.07, 6.45) is 3.07. The second-order valence-electron chi connectivity index (χ2n) is 5.40. The lowest BCUT2D eigenvalue weighted by molar-refractivity contribution is -0.134. The highest BCUT2D eigenvalue weighted by Gasteiger charge is 2.34. The minimum Gasteiger partial charge on any atom is -0.342 e. The Balaban J connectivity index is 2.53. The van der Waals surface area contributed by atoms with Gasteiger partial charge in [0, 0.05) is 19.6 Å². The molecule has 0 saturated carbocycles. The fourth-order valence-corrected chi connectivity index (χ4v) is 2.25. The molecule has 3 nitrogen and oxygen atoms in total. The maximum atomic E-state index is 12.1. The molecular weight excluding hydrogens is 188 g/mol. The van der Waals surface area contributed by atoms with Crippen LogP contribution in [0.25, 0.3) is 0 Å². The Bertz CT molecular complexity index is 226. The van der Waals surface area contributed by atoms with Gasteiger partial charge in [0.05, 0.1) is 5.92 Å². The first-order valence-corrected chi connectivity index (χ1v) is 5.99. The van der Waals surface area contributed by atoms with E-state index < -0.39 is 0 Å². The predicted octanol–water partition coefficient (Wildman–Crippen LogP) is 1.62. The molecule has 2 N–H and O–H groups in total. The predicted molar refractivity (Wildman–Crippen MR) is 62.4 cm³/mol. The highest BCUT2D eigenvalue weighted by atomic mass is 16.2. The van der Waals surface area contributed by atoms with Gasteiger partial charge in [-0.1, -0.05) is 27.2 Å². The van der Waals surface area contributed by atoms with Crippen LogP contribution in [0.3, 0.4) is 0 Å². The largest absolute Gasteiger partial charge is 0.342 e. The first-order chi connectivity index (χ1) is 7.00. The normalized spacial score (nSPS) is 21.7. The summed E-state index contributed by atoms with van der Waals surface area (Å²) in [6, 6.07) is 0. The Morgan fingerprint density at radius 2 is 2.20 bits per heavy atom. The van der Waals surface area contributed by atoms with Crippen LogP contribution in [0.5, 0.6) is 0 Å². The van der Waals surface area contributed by atoms with Gasteiger partial charge >= 0.3 is 0 Å². The number of hydrogen-bond acceptors (Lipinski definition) is 2. The number of nitrogens with two attached hydrogens (primary N) is 1. The lowest BCUT2D eigenvalue weighted by Gasteiger charge is -2.24. The van der Waals surface area contributed by atoms with Crippen molar-refractivity contribution >= 4 is 5.91 Å². The minimum absolute atomic E-state index is 0.0453. The van der Waals surface area contributed by atoms with E-state index in [-0.39, 0.29) is 11.8 Å². The van der Waals surface area contributed by atoms with Crippen LogP contribution in [0.1, 0.15) is 40.0 Å². The van der Waals surface area contributed by atoms with E-state index >= 15 is 0 Å². The Morgan fingerprint density at radius 3 is 2.60 bits per heavy atom. The molecule has 1 fully saturated rings. The number of nitrogens with zero attached hydrogens (tertiary/aromatic N) is 1. The Labute approximate surface area is 93.0 Å². The van der Waals surface area contributed by atoms with Crippen molar-refractivity contribution in [1.29, 1.82) is 0 Å². The highest BCUT2D eigenvalue weighted by molar-refractivity contribution is 5.79. The van der Waals surface area contributed by atoms with Gasteiger partial charge in [-0.25, -0.2) is 0 Å². The van der Waals surface area contributed by atoms with Crippen molar-refractivity contribution in [2.75, 3.05) is 19.6 Å². The number of carbonyl (C=O) groups is 1. The topological polar surface area (TPSA) is 46.3 Å². The molecule has 1 aliphatic heterocycles. The van der Waals surface area contributed by atoms with E-state index in [1.165, 1.54) is 0 Å². The van der Waals surface area contributed by atoms with E-state index in [1.54, 1.807) is 0 Å². The molecule has 0 spiro atoms. The molecule has 0 aromatic carbocycles. The third kappa shape index (κ3) is 3.20. The van der Waals surface area contributed by atoms with Crippen molar-refractivity contribution in [3.8, 4) is 0 Å². The van der Waals surface area contributed by atoms with Crippen LogP contribution in [0.4, 0.5) is 0 Å². The maximum Gasteiger partial charge on any atom is 0.226 e. The van der Waals surface area contributed by atoms with Crippen LogP contribution in [0.2, 0.25) is 0 Å². The van der Waals surface area contributed by atoms with Crippen molar-refractivity contribution in [1.82, 2.24) is 4.90 Å². The van der Waals surface area contributed by atoms with E-state index in [9.17, 15) is 4.79 Å². The zero-order valence-corrected chi connectivity index (χ0v) is 10.3. The van der Waals surface area contributed by atoms with Crippen LogP contribution in [0, 0.1) is 11.3 Å². The van der Waals surface area contributed by atoms with E-state index in [1.807, 2.05) is 4.90 Å². The maximum absolute atomic E-state index is 12.1. The summed E-state index contributed by atoms with van der Waals surface area (Å²) in [5.41, 5.74) is 5.94. The van der Waals surface area contributed by atoms with Gasteiger partial charge in [0.1, 0.15) is 0 Å². The van der Waals surface area contributed by atoms with Crippen molar-refractivity contribution in [3.63, 3.8) is 0 Å². The molecule has 3 heteroatoms. The van der Waals surface area contributed by atoms with Gasteiger partial charge in [-0.2, -0.15) is 0 Å². The summed E-state index contributed by atoms with van der Waals surface area (Å²) in [4.78, 5) is 14.1. The minimum atomic E-state index is 0.0453. The fourth-order valence-electron chi connectivity index (χ4n) is 2.25. The first kappa shape index (κ1) is 12.5. The standard InChI is InChI=1S/C12H24N2O/c1-4-5-10(8-13)11(15)14-7-6-12(2,3)9-14/h10H,4-9,13H2,1-3H3. The summed E-state index contributed by atoms with van der Waals surface area (Å²) in [5.74, 6) is 0.314. The van der Waals surface area contributed by atoms with Crippen LogP contribution in [-0.4, -0.2) is 30.4 Å². The molecule has 0 radical (unpaired) electrons. The number of rotatable bonds is 4. The number of carbonyl (C=O) groups excluding carboxylic acids is 1. The molecular formula is C12H24N2O. The quantitative estimate of drug-likeness (QED) is 0.769. The summed E-state index contributed by atoms with van der Waals surface area (Å²) in [5, 5.41) is 0. The van der Waals surface area contributed by atoms with Crippen molar-refractivity contribution in [2.24, 2.45) is 17.1 Å². The molecule has 88 valence electrons. The average molecular weight is 212 g/mol. The molecule has 1 unspecified atom stereocenters. The van der Waals surface area contributed by atoms with Gasteiger partial charge in [0.25, 0.3) is 0 Å². The Kier molecular flexibility index (Phi) is 4.14. The van der Waals surface area contributed by atoms with E-state index in [2.05, 4.69) is 20.8 Å². The fraction of sp³-hybridized carbons (Fsp3) is 0.917. The summed E-state index contributed by atoms with van der Waals surface area (Å²) in [6.45, 7) is 8.83. The van der Waals surface area contributed by atoms with Crippen LogP contribution in [0.15, 0.2) is 0 Å². The lowest BCUT2D eigenvalue weighted by atomic mass is 9.93. The third-order valence-corrected chi connectivity index (χ3v) is 3.26. The van der Waals surface area contributed by atoms with Crippen molar-refractivity contribution < 1.29 is 4.79 Å². The molecule has 1 rings (SSSR count). The SMILES string of the molecule is CCCC(CN)C(=O)N1CCC(C)(C)C1. The van der Waals surface area contributed by atoms with Crippen LogP contribution >= 0.6 is 0 Å². The second kappa shape index (κ2) is 4.97. The molecule has 0 aromatic heterocycles. The van der Waals surface area contributed by atoms with Gasteiger partial charge in [-0.3, -0.25) is 4.79 Å². The number of amides is 1. The smallest absolute Gasteiger partial charge is 0.226 e. The first-order valence-electron chi connectivity index (χ1n) is 5.99. The molecule has 1 amide bonds. The van der Waals surface area contributed by atoms with Gasteiger partial charge in [0.15, 0.2) is 0 Å². The zero-order valence-electron chi connectivity index (χ0n) is 10.3. The monoisotopic (exact) mass is 212 g/mol. The van der Waals surface area contributed by atoms with Gasteiger partial charge in [-0.05, 0) is 18.3 Å². The van der Waals surface area contributed by atoms with Gasteiger partial charge in [0.2, 0.25) is 5.91 Å². The Hall–Kier alpha value is -0.570. The summed E-state index contributed by atoms with van der Waals surface area (Å²) >= 11 is 0. The van der Waals surface area contributed by atoms with Crippen LogP contribution in [-0.2, 0) is 4.79 Å². The van der Waals surface area contributed by atoms with Crippen LogP contribution < -0.4 is 5.73 Å². The lowest BCUT2D eigenvalue weighted by Crippen LogP contribution is -2.38.